The third-order valence-corrected chi connectivity index (χ3v) is 4.25. The Morgan fingerprint density at radius 1 is 1.12 bits per heavy atom. The number of hydrogen-bond acceptors (Lipinski definition) is 3. The highest BCUT2D eigenvalue weighted by Crippen LogP contribution is 2.22. The standard InChI is InChI=1S/C20H23N3O2/c1-20(2,19(24)21-3)25-14-17-16-11-7-8-12-18(16)23(22-17)13-15-9-5-4-6-10-15/h4-12H,13-14H2,1-3H3,(H,21,24). The van der Waals surface area contributed by atoms with E-state index < -0.39 is 5.60 Å². The zero-order valence-corrected chi connectivity index (χ0v) is 14.8. The van der Waals surface area contributed by atoms with Crippen molar-refractivity contribution in [1.82, 2.24) is 15.1 Å². The maximum Gasteiger partial charge on any atom is 0.251 e. The Morgan fingerprint density at radius 2 is 1.80 bits per heavy atom. The number of fused-ring (bicyclic) bond motifs is 1. The molecule has 5 heteroatoms. The van der Waals surface area contributed by atoms with Crippen molar-refractivity contribution in [2.24, 2.45) is 0 Å². The van der Waals surface area contributed by atoms with Crippen LogP contribution in [0.1, 0.15) is 25.1 Å². The molecule has 3 rings (SSSR count). The lowest BCUT2D eigenvalue weighted by molar-refractivity contribution is -0.143. The first kappa shape index (κ1) is 17.2. The predicted molar refractivity (Wildman–Crippen MR) is 98.2 cm³/mol. The van der Waals surface area contributed by atoms with Gasteiger partial charge in [-0.25, -0.2) is 0 Å². The number of ether oxygens (including phenoxy) is 1. The van der Waals surface area contributed by atoms with E-state index in [0.717, 1.165) is 16.6 Å². The molecule has 0 aliphatic heterocycles. The number of nitrogens with one attached hydrogen (secondary N) is 1. The second kappa shape index (κ2) is 7.07. The van der Waals surface area contributed by atoms with Crippen molar-refractivity contribution in [1.29, 1.82) is 0 Å². The van der Waals surface area contributed by atoms with Gasteiger partial charge in [-0.1, -0.05) is 48.5 Å². The molecule has 0 saturated carbocycles. The molecule has 1 amide bonds. The van der Waals surface area contributed by atoms with E-state index in [1.165, 1.54) is 5.56 Å². The minimum Gasteiger partial charge on any atom is -0.359 e. The van der Waals surface area contributed by atoms with E-state index in [1.807, 2.05) is 41.1 Å². The van der Waals surface area contributed by atoms with E-state index >= 15 is 0 Å². The molecule has 0 radical (unpaired) electrons. The third kappa shape index (κ3) is 3.72. The highest BCUT2D eigenvalue weighted by atomic mass is 16.5. The van der Waals surface area contributed by atoms with Gasteiger partial charge in [0.05, 0.1) is 24.4 Å². The number of para-hydroxylation sites is 1. The molecule has 0 fully saturated rings. The molecule has 1 heterocycles. The Bertz CT molecular complexity index is 869. The van der Waals surface area contributed by atoms with Gasteiger partial charge in [-0.05, 0) is 25.5 Å². The number of aromatic nitrogens is 2. The predicted octanol–water partition coefficient (Wildman–Crippen LogP) is 3.13. The number of amides is 1. The number of carbonyl (C=O) groups is 1. The van der Waals surface area contributed by atoms with E-state index in [2.05, 4.69) is 23.5 Å². The van der Waals surface area contributed by atoms with Crippen molar-refractivity contribution >= 4 is 16.8 Å². The Balaban J connectivity index is 1.88. The zero-order valence-electron chi connectivity index (χ0n) is 14.8. The lowest BCUT2D eigenvalue weighted by atomic mass is 10.1. The molecule has 0 unspecified atom stereocenters. The van der Waals surface area contributed by atoms with Gasteiger partial charge in [0.25, 0.3) is 5.91 Å². The molecule has 0 aliphatic carbocycles. The van der Waals surface area contributed by atoms with Crippen molar-refractivity contribution in [3.63, 3.8) is 0 Å². The summed E-state index contributed by atoms with van der Waals surface area (Å²) in [4.78, 5) is 11.9. The molecular weight excluding hydrogens is 314 g/mol. The molecule has 0 spiro atoms. The average Bonchev–Trinajstić information content (AvgIpc) is 2.98. The van der Waals surface area contributed by atoms with E-state index in [9.17, 15) is 4.79 Å². The molecule has 0 saturated heterocycles. The van der Waals surface area contributed by atoms with Gasteiger partial charge in [0, 0.05) is 12.4 Å². The third-order valence-electron chi connectivity index (χ3n) is 4.25. The molecule has 1 N–H and O–H groups in total. The molecule has 0 atom stereocenters. The van der Waals surface area contributed by atoms with Crippen LogP contribution in [0.2, 0.25) is 0 Å². The minimum absolute atomic E-state index is 0.152. The molecule has 1 aromatic heterocycles. The van der Waals surface area contributed by atoms with E-state index in [0.29, 0.717) is 6.54 Å². The molecule has 0 bridgehead atoms. The van der Waals surface area contributed by atoms with Gasteiger partial charge in [0.15, 0.2) is 0 Å². The lowest BCUT2D eigenvalue weighted by Gasteiger charge is -2.22. The fourth-order valence-electron chi connectivity index (χ4n) is 2.80. The van der Waals surface area contributed by atoms with Gasteiger partial charge < -0.3 is 10.1 Å². The molecule has 130 valence electrons. The van der Waals surface area contributed by atoms with Crippen LogP contribution in [0.25, 0.3) is 10.9 Å². The lowest BCUT2D eigenvalue weighted by Crippen LogP contribution is -2.42. The van der Waals surface area contributed by atoms with Crippen LogP contribution in [0.5, 0.6) is 0 Å². The number of benzene rings is 2. The normalized spacial score (nSPS) is 11.6. The summed E-state index contributed by atoms with van der Waals surface area (Å²) in [5.41, 5.74) is 2.18. The van der Waals surface area contributed by atoms with Crippen LogP contribution in [0.3, 0.4) is 0 Å². The van der Waals surface area contributed by atoms with Crippen molar-refractivity contribution < 1.29 is 9.53 Å². The molecule has 25 heavy (non-hydrogen) atoms. The van der Waals surface area contributed by atoms with E-state index in [1.54, 1.807) is 20.9 Å². The van der Waals surface area contributed by atoms with Gasteiger partial charge in [0.2, 0.25) is 0 Å². The molecule has 0 aliphatic rings. The van der Waals surface area contributed by atoms with Crippen LogP contribution in [0.15, 0.2) is 54.6 Å². The highest BCUT2D eigenvalue weighted by Gasteiger charge is 2.28. The summed E-state index contributed by atoms with van der Waals surface area (Å²) in [7, 11) is 1.61. The minimum atomic E-state index is -0.904. The van der Waals surface area contributed by atoms with Crippen molar-refractivity contribution in [3.05, 3.63) is 65.9 Å². The smallest absolute Gasteiger partial charge is 0.251 e. The van der Waals surface area contributed by atoms with Crippen LogP contribution >= 0.6 is 0 Å². The van der Waals surface area contributed by atoms with Crippen LogP contribution in [-0.4, -0.2) is 28.3 Å². The molecule has 5 nitrogen and oxygen atoms in total. The van der Waals surface area contributed by atoms with E-state index in [4.69, 9.17) is 9.84 Å². The fraction of sp³-hybridized carbons (Fsp3) is 0.300. The van der Waals surface area contributed by atoms with Crippen molar-refractivity contribution in [2.75, 3.05) is 7.05 Å². The van der Waals surface area contributed by atoms with Gasteiger partial charge in [-0.15, -0.1) is 0 Å². The van der Waals surface area contributed by atoms with Gasteiger partial charge >= 0.3 is 0 Å². The first-order valence-corrected chi connectivity index (χ1v) is 8.36. The topological polar surface area (TPSA) is 56.1 Å². The Morgan fingerprint density at radius 3 is 2.52 bits per heavy atom. The van der Waals surface area contributed by atoms with Gasteiger partial charge in [-0.3, -0.25) is 9.48 Å². The highest BCUT2D eigenvalue weighted by molar-refractivity contribution is 5.84. The van der Waals surface area contributed by atoms with Crippen LogP contribution in [-0.2, 0) is 22.7 Å². The number of rotatable bonds is 6. The summed E-state index contributed by atoms with van der Waals surface area (Å²) in [5, 5.41) is 8.41. The monoisotopic (exact) mass is 337 g/mol. The largest absolute Gasteiger partial charge is 0.359 e. The average molecular weight is 337 g/mol. The summed E-state index contributed by atoms with van der Waals surface area (Å²) >= 11 is 0. The summed E-state index contributed by atoms with van der Waals surface area (Å²) in [6.45, 7) is 4.49. The first-order chi connectivity index (χ1) is 12.0. The van der Waals surface area contributed by atoms with Crippen molar-refractivity contribution in [3.8, 4) is 0 Å². The van der Waals surface area contributed by atoms with Gasteiger partial charge in [-0.2, -0.15) is 5.10 Å². The fourth-order valence-corrected chi connectivity index (χ4v) is 2.80. The summed E-state index contributed by atoms with van der Waals surface area (Å²) < 4.78 is 7.83. The Hall–Kier alpha value is -2.66. The molecular formula is C20H23N3O2. The number of carbonyl (C=O) groups excluding carboxylic acids is 1. The maximum atomic E-state index is 11.9. The maximum absolute atomic E-state index is 11.9. The number of nitrogens with zero attached hydrogens (tertiary/aromatic N) is 2. The van der Waals surface area contributed by atoms with Crippen LogP contribution in [0, 0.1) is 0 Å². The van der Waals surface area contributed by atoms with E-state index in [-0.39, 0.29) is 12.5 Å². The van der Waals surface area contributed by atoms with Crippen molar-refractivity contribution in [2.45, 2.75) is 32.6 Å². The number of likely N-dealkylation sites (N-methyl/N-ethyl adjacent to an activating group) is 1. The van der Waals surface area contributed by atoms with Crippen LogP contribution < -0.4 is 5.32 Å². The SMILES string of the molecule is CNC(=O)C(C)(C)OCc1nn(Cc2ccccc2)c2ccccc12. The Kier molecular flexibility index (Phi) is 4.86. The first-order valence-electron chi connectivity index (χ1n) is 8.36. The molecule has 3 aromatic rings. The summed E-state index contributed by atoms with van der Waals surface area (Å²) in [6.07, 6.45) is 0. The summed E-state index contributed by atoms with van der Waals surface area (Å²) in [5.74, 6) is -0.152. The van der Waals surface area contributed by atoms with Crippen LogP contribution in [0.4, 0.5) is 0 Å². The summed E-state index contributed by atoms with van der Waals surface area (Å²) in [6, 6.07) is 18.3. The molecule has 2 aromatic carbocycles. The quantitative estimate of drug-likeness (QED) is 0.752. The van der Waals surface area contributed by atoms with Gasteiger partial charge in [0.1, 0.15) is 5.60 Å². The Labute approximate surface area is 147 Å². The number of hydrogen-bond donors (Lipinski definition) is 1. The zero-order chi connectivity index (χ0) is 17.9. The second-order valence-corrected chi connectivity index (χ2v) is 6.49. The second-order valence-electron chi connectivity index (χ2n) is 6.49.